The molecule has 2 aliphatic heterocycles. The number of esters is 2. The van der Waals surface area contributed by atoms with E-state index in [4.69, 9.17) is 18.9 Å². The zero-order chi connectivity index (χ0) is 21.4. The number of hydrogen-bond donors (Lipinski definition) is 0. The van der Waals surface area contributed by atoms with Gasteiger partial charge in [-0.3, -0.25) is 0 Å². The van der Waals surface area contributed by atoms with Crippen molar-refractivity contribution in [3.05, 3.63) is 70.8 Å². The Morgan fingerprint density at radius 2 is 1.10 bits per heavy atom. The highest BCUT2D eigenvalue weighted by Gasteiger charge is 2.59. The molecule has 2 aromatic rings. The van der Waals surface area contributed by atoms with Crippen molar-refractivity contribution < 1.29 is 46.1 Å². The number of ether oxygens (including phenoxy) is 4. The average molecular weight is 426 g/mol. The minimum Gasteiger partial charge on any atom is -0.453 e. The highest BCUT2D eigenvalue weighted by Crippen LogP contribution is 2.33. The van der Waals surface area contributed by atoms with Crippen LogP contribution >= 0.6 is 0 Å². The molecule has 0 spiro atoms. The van der Waals surface area contributed by atoms with Gasteiger partial charge in [0.05, 0.1) is 13.2 Å². The molecule has 0 unspecified atom stereocenters. The first-order valence-corrected chi connectivity index (χ1v) is 8.85. The lowest BCUT2D eigenvalue weighted by atomic mass is 10.1. The molecule has 2 fully saturated rings. The fourth-order valence-corrected chi connectivity index (χ4v) is 3.27. The van der Waals surface area contributed by atoms with Crippen molar-refractivity contribution in [3.8, 4) is 0 Å². The summed E-state index contributed by atoms with van der Waals surface area (Å²) in [5, 5.41) is 0. The summed E-state index contributed by atoms with van der Waals surface area (Å²) in [5.74, 6) is -4.60. The Balaban J connectivity index is 1.42. The Morgan fingerprint density at radius 1 is 0.700 bits per heavy atom. The first kappa shape index (κ1) is 20.3. The van der Waals surface area contributed by atoms with E-state index in [-0.39, 0.29) is 11.1 Å². The Kier molecular flexibility index (Phi) is 5.44. The topological polar surface area (TPSA) is 71.1 Å². The molecule has 0 N–H and O–H groups in total. The van der Waals surface area contributed by atoms with E-state index in [0.29, 0.717) is 0 Å². The van der Waals surface area contributed by atoms with Crippen molar-refractivity contribution in [1.82, 2.24) is 0 Å². The third-order valence-corrected chi connectivity index (χ3v) is 4.74. The van der Waals surface area contributed by atoms with Gasteiger partial charge in [-0.05, 0) is 36.4 Å². The summed E-state index contributed by atoms with van der Waals surface area (Å²) in [6, 6.07) is 5.51. The predicted molar refractivity (Wildman–Crippen MR) is 89.6 cm³/mol. The third kappa shape index (κ3) is 3.88. The predicted octanol–water partition coefficient (Wildman–Crippen LogP) is 2.56. The van der Waals surface area contributed by atoms with Gasteiger partial charge in [-0.25, -0.2) is 27.2 Å². The lowest BCUT2D eigenvalue weighted by molar-refractivity contribution is -0.165. The highest BCUT2D eigenvalue weighted by atomic mass is 19.1. The number of carbonyl (C=O) groups is 2. The van der Waals surface area contributed by atoms with Crippen LogP contribution in [-0.2, 0) is 41.8 Å². The van der Waals surface area contributed by atoms with Crippen molar-refractivity contribution in [3.63, 3.8) is 0 Å². The van der Waals surface area contributed by atoms with Crippen molar-refractivity contribution in [2.75, 3.05) is 0 Å². The summed E-state index contributed by atoms with van der Waals surface area (Å²) in [6.07, 6.45) is -5.10. The van der Waals surface area contributed by atoms with E-state index in [2.05, 4.69) is 0 Å². The number of benzene rings is 2. The maximum atomic E-state index is 13.7. The molecule has 4 rings (SSSR count). The van der Waals surface area contributed by atoms with E-state index in [9.17, 15) is 27.2 Å². The van der Waals surface area contributed by atoms with Crippen LogP contribution in [0.1, 0.15) is 11.1 Å². The molecule has 2 heterocycles. The summed E-state index contributed by atoms with van der Waals surface area (Å²) >= 11 is 0. The van der Waals surface area contributed by atoms with Crippen LogP contribution in [-0.4, -0.2) is 36.4 Å². The van der Waals surface area contributed by atoms with Gasteiger partial charge in [0.15, 0.2) is 24.4 Å². The normalized spacial score (nSPS) is 25.2. The molecule has 6 nitrogen and oxygen atoms in total. The largest absolute Gasteiger partial charge is 0.453 e. The molecule has 4 atom stereocenters. The molecule has 0 bridgehead atoms. The Labute approximate surface area is 167 Å². The average Bonchev–Trinajstić information content (AvgIpc) is 3.16. The third-order valence-electron chi connectivity index (χ3n) is 4.74. The first-order chi connectivity index (χ1) is 14.3. The molecule has 10 heteroatoms. The fraction of sp³-hybridized carbons (Fsp3) is 0.300. The maximum Gasteiger partial charge on any atom is 0.339 e. The van der Waals surface area contributed by atoms with Crippen molar-refractivity contribution >= 4 is 11.9 Å². The smallest absolute Gasteiger partial charge is 0.339 e. The van der Waals surface area contributed by atoms with E-state index in [1.165, 1.54) is 0 Å². The standard InChI is InChI=1S/C20H14F4O6/c21-11-1-3-13(23)9(5-11)7-27-17-15-16(30-19(17)25)18(20(26)29-15)28-8-10-6-12(22)2-4-14(10)24/h1-6,15-18H,7-8H2/t15-,16-,17-,18-/m1/s1. The van der Waals surface area contributed by atoms with Crippen molar-refractivity contribution in [1.29, 1.82) is 0 Å². The van der Waals surface area contributed by atoms with Crippen LogP contribution in [0.3, 0.4) is 0 Å². The molecule has 30 heavy (non-hydrogen) atoms. The van der Waals surface area contributed by atoms with E-state index < -0.39 is 72.8 Å². The summed E-state index contributed by atoms with van der Waals surface area (Å²) in [4.78, 5) is 24.2. The van der Waals surface area contributed by atoms with Gasteiger partial charge in [0.1, 0.15) is 23.3 Å². The second-order valence-corrected chi connectivity index (χ2v) is 6.74. The van der Waals surface area contributed by atoms with Crippen LogP contribution < -0.4 is 0 Å². The number of hydrogen-bond acceptors (Lipinski definition) is 6. The number of halogens is 4. The molecular weight excluding hydrogens is 412 g/mol. The minimum absolute atomic E-state index is 0.134. The monoisotopic (exact) mass is 426 g/mol. The van der Waals surface area contributed by atoms with E-state index in [1.54, 1.807) is 0 Å². The summed E-state index contributed by atoms with van der Waals surface area (Å²) in [6.45, 7) is -0.936. The van der Waals surface area contributed by atoms with Crippen LogP contribution in [0.5, 0.6) is 0 Å². The van der Waals surface area contributed by atoms with Crippen LogP contribution in [0, 0.1) is 23.3 Å². The molecule has 0 aliphatic carbocycles. The Hall–Kier alpha value is -2.98. The first-order valence-electron chi connectivity index (χ1n) is 8.85. The van der Waals surface area contributed by atoms with Gasteiger partial charge in [-0.15, -0.1) is 0 Å². The summed E-state index contributed by atoms with van der Waals surface area (Å²) in [7, 11) is 0. The Bertz CT molecular complexity index is 918. The van der Waals surface area contributed by atoms with E-state index in [0.717, 1.165) is 36.4 Å². The number of fused-ring (bicyclic) bond motifs is 1. The van der Waals surface area contributed by atoms with Gasteiger partial charge in [-0.2, -0.15) is 0 Å². The number of carbonyl (C=O) groups excluding carboxylic acids is 2. The van der Waals surface area contributed by atoms with Crippen molar-refractivity contribution in [2.24, 2.45) is 0 Å². The quantitative estimate of drug-likeness (QED) is 0.523. The summed E-state index contributed by atoms with van der Waals surface area (Å²) in [5.41, 5.74) is -0.269. The van der Waals surface area contributed by atoms with Crippen LogP contribution in [0.25, 0.3) is 0 Å². The van der Waals surface area contributed by atoms with Crippen LogP contribution in [0.15, 0.2) is 36.4 Å². The van der Waals surface area contributed by atoms with Gasteiger partial charge in [0.2, 0.25) is 0 Å². The molecule has 0 amide bonds. The molecule has 0 radical (unpaired) electrons. The van der Waals surface area contributed by atoms with Gasteiger partial charge in [-0.1, -0.05) is 0 Å². The van der Waals surface area contributed by atoms with Gasteiger partial charge >= 0.3 is 11.9 Å². The zero-order valence-electron chi connectivity index (χ0n) is 15.1. The Morgan fingerprint density at radius 3 is 1.50 bits per heavy atom. The highest BCUT2D eigenvalue weighted by molar-refractivity contribution is 5.85. The second kappa shape index (κ2) is 8.04. The molecular formula is C20H14F4O6. The van der Waals surface area contributed by atoms with Crippen LogP contribution in [0.2, 0.25) is 0 Å². The molecule has 2 saturated heterocycles. The molecule has 2 aliphatic rings. The minimum atomic E-state index is -1.37. The lowest BCUT2D eigenvalue weighted by Crippen LogP contribution is -2.34. The van der Waals surface area contributed by atoms with Crippen LogP contribution in [0.4, 0.5) is 17.6 Å². The van der Waals surface area contributed by atoms with Crippen molar-refractivity contribution in [2.45, 2.75) is 37.6 Å². The van der Waals surface area contributed by atoms with Gasteiger partial charge in [0, 0.05) is 11.1 Å². The van der Waals surface area contributed by atoms with Gasteiger partial charge in [0.25, 0.3) is 0 Å². The molecule has 0 saturated carbocycles. The maximum absolute atomic E-state index is 13.7. The molecule has 2 aromatic carbocycles. The fourth-order valence-electron chi connectivity index (χ4n) is 3.27. The zero-order valence-corrected chi connectivity index (χ0v) is 15.1. The van der Waals surface area contributed by atoms with Gasteiger partial charge < -0.3 is 18.9 Å². The summed E-state index contributed by atoms with van der Waals surface area (Å²) < 4.78 is 74.8. The van der Waals surface area contributed by atoms with E-state index in [1.807, 2.05) is 0 Å². The SMILES string of the molecule is O=C1O[C@@H]2[C@@H](OC(=O)[C@@H]2OCc2cc(F)ccc2F)[C@H]1OCc1cc(F)ccc1F. The molecule has 158 valence electrons. The van der Waals surface area contributed by atoms with E-state index >= 15 is 0 Å². The second-order valence-electron chi connectivity index (χ2n) is 6.74. The molecule has 0 aromatic heterocycles. The lowest BCUT2D eigenvalue weighted by Gasteiger charge is -2.14. The number of rotatable bonds is 6.